The Morgan fingerprint density at radius 2 is 2.41 bits per heavy atom. The molecule has 1 atom stereocenters. The summed E-state index contributed by atoms with van der Waals surface area (Å²) in [6, 6.07) is 5.74. The third-order valence-electron chi connectivity index (χ3n) is 3.20. The summed E-state index contributed by atoms with van der Waals surface area (Å²) < 4.78 is 5.24. The highest BCUT2D eigenvalue weighted by Gasteiger charge is 2.34. The number of amides is 1. The fourth-order valence-corrected chi connectivity index (χ4v) is 3.35. The minimum Gasteiger partial charge on any atom is -0.497 e. The van der Waals surface area contributed by atoms with E-state index in [-0.39, 0.29) is 11.9 Å². The number of fused-ring (bicyclic) bond motifs is 3. The number of carbonyl (C=O) groups is 1. The average molecular weight is 250 g/mol. The van der Waals surface area contributed by atoms with Crippen molar-refractivity contribution in [1.82, 2.24) is 0 Å². The zero-order chi connectivity index (χ0) is 11.8. The smallest absolute Gasteiger partial charge is 0.247 e. The lowest BCUT2D eigenvalue weighted by molar-refractivity contribution is -0.117. The molecule has 4 nitrogen and oxygen atoms in total. The molecule has 1 unspecified atom stereocenters. The molecule has 0 aromatic heterocycles. The first-order valence-corrected chi connectivity index (χ1v) is 6.78. The normalized spacial score (nSPS) is 22.5. The molecule has 1 amide bonds. The minimum absolute atomic E-state index is 0.0339. The monoisotopic (exact) mass is 250 g/mol. The van der Waals surface area contributed by atoms with Crippen molar-refractivity contribution in [2.45, 2.75) is 6.04 Å². The number of methoxy groups -OCH3 is 1. The first kappa shape index (κ1) is 10.8. The number of ether oxygens (including phenoxy) is 1. The van der Waals surface area contributed by atoms with E-state index in [0.29, 0.717) is 0 Å². The molecule has 1 aromatic rings. The van der Waals surface area contributed by atoms with Gasteiger partial charge in [-0.15, -0.1) is 0 Å². The second-order valence-corrected chi connectivity index (χ2v) is 5.31. The molecular weight excluding hydrogens is 236 g/mol. The predicted molar refractivity (Wildman–Crippen MR) is 70.1 cm³/mol. The molecule has 0 radical (unpaired) electrons. The van der Waals surface area contributed by atoms with Gasteiger partial charge in [0.2, 0.25) is 5.91 Å². The predicted octanol–water partition coefficient (Wildman–Crippen LogP) is 1.57. The van der Waals surface area contributed by atoms with E-state index in [0.717, 1.165) is 35.2 Å². The van der Waals surface area contributed by atoms with E-state index >= 15 is 0 Å². The van der Waals surface area contributed by atoms with Crippen LogP contribution in [-0.2, 0) is 4.79 Å². The van der Waals surface area contributed by atoms with Gasteiger partial charge in [-0.3, -0.25) is 4.79 Å². The van der Waals surface area contributed by atoms with Crippen LogP contribution in [0.5, 0.6) is 5.75 Å². The van der Waals surface area contributed by atoms with Crippen LogP contribution < -0.4 is 15.0 Å². The second kappa shape index (κ2) is 4.14. The molecule has 3 rings (SSSR count). The molecule has 0 spiro atoms. The second-order valence-electron chi connectivity index (χ2n) is 4.16. The lowest BCUT2D eigenvalue weighted by Crippen LogP contribution is -2.52. The zero-order valence-electron chi connectivity index (χ0n) is 9.60. The molecule has 0 bridgehead atoms. The van der Waals surface area contributed by atoms with E-state index in [1.54, 1.807) is 7.11 Å². The van der Waals surface area contributed by atoms with E-state index < -0.39 is 0 Å². The molecular formula is C12H14N2O2S. The van der Waals surface area contributed by atoms with E-state index in [9.17, 15) is 4.79 Å². The van der Waals surface area contributed by atoms with Crippen LogP contribution in [0.1, 0.15) is 0 Å². The lowest BCUT2D eigenvalue weighted by atomic mass is 10.1. The number of hydrogen-bond acceptors (Lipinski definition) is 4. The number of nitrogens with zero attached hydrogens (tertiary/aromatic N) is 1. The van der Waals surface area contributed by atoms with Gasteiger partial charge >= 0.3 is 0 Å². The molecule has 0 aliphatic carbocycles. The Balaban J connectivity index is 2.04. The molecule has 2 heterocycles. The van der Waals surface area contributed by atoms with Crippen LogP contribution in [0.3, 0.4) is 0 Å². The van der Waals surface area contributed by atoms with Gasteiger partial charge in [0.05, 0.1) is 18.5 Å². The van der Waals surface area contributed by atoms with Crippen LogP contribution in [0.2, 0.25) is 0 Å². The Kier molecular flexibility index (Phi) is 2.63. The fraction of sp³-hybridized carbons (Fsp3) is 0.417. The van der Waals surface area contributed by atoms with Crippen LogP contribution in [0.15, 0.2) is 18.2 Å². The van der Waals surface area contributed by atoms with Gasteiger partial charge in [0, 0.05) is 24.1 Å². The first-order valence-electron chi connectivity index (χ1n) is 5.63. The first-order chi connectivity index (χ1) is 8.29. The van der Waals surface area contributed by atoms with Gasteiger partial charge in [0.1, 0.15) is 11.8 Å². The number of thioether (sulfide) groups is 1. The quantitative estimate of drug-likeness (QED) is 0.821. The topological polar surface area (TPSA) is 41.6 Å². The molecule has 1 N–H and O–H groups in total. The van der Waals surface area contributed by atoms with Crippen molar-refractivity contribution in [2.24, 2.45) is 0 Å². The Labute approximate surface area is 104 Å². The van der Waals surface area contributed by atoms with Gasteiger partial charge in [0.15, 0.2) is 0 Å². The zero-order valence-corrected chi connectivity index (χ0v) is 10.4. The molecule has 1 saturated heterocycles. The van der Waals surface area contributed by atoms with Crippen molar-refractivity contribution in [1.29, 1.82) is 0 Å². The molecule has 90 valence electrons. The largest absolute Gasteiger partial charge is 0.497 e. The number of nitrogens with one attached hydrogen (secondary N) is 1. The molecule has 17 heavy (non-hydrogen) atoms. The van der Waals surface area contributed by atoms with Gasteiger partial charge in [-0.25, -0.2) is 0 Å². The van der Waals surface area contributed by atoms with Crippen LogP contribution in [0.4, 0.5) is 11.4 Å². The van der Waals surface area contributed by atoms with Crippen LogP contribution in [-0.4, -0.2) is 37.1 Å². The average Bonchev–Trinajstić information content (AvgIpc) is 2.39. The Bertz CT molecular complexity index is 464. The molecule has 2 aliphatic rings. The maximum absolute atomic E-state index is 11.9. The number of anilines is 2. The van der Waals surface area contributed by atoms with Gasteiger partial charge in [0.25, 0.3) is 0 Å². The Morgan fingerprint density at radius 3 is 3.24 bits per heavy atom. The standard InChI is InChI=1S/C12H14N2O2S/c1-16-8-2-3-9-10(6-8)14-4-5-17-7-11(14)12(15)13-9/h2-3,6,11H,4-5,7H2,1H3,(H,13,15). The molecule has 5 heteroatoms. The molecule has 1 aromatic carbocycles. The Morgan fingerprint density at radius 1 is 1.53 bits per heavy atom. The van der Waals surface area contributed by atoms with Crippen LogP contribution in [0.25, 0.3) is 0 Å². The van der Waals surface area contributed by atoms with Crippen LogP contribution >= 0.6 is 11.8 Å². The van der Waals surface area contributed by atoms with Gasteiger partial charge in [-0.1, -0.05) is 0 Å². The molecule has 1 fully saturated rings. The van der Waals surface area contributed by atoms with Crippen molar-refractivity contribution in [3.63, 3.8) is 0 Å². The number of benzene rings is 1. The van der Waals surface area contributed by atoms with Crippen molar-refractivity contribution in [3.05, 3.63) is 18.2 Å². The summed E-state index contributed by atoms with van der Waals surface area (Å²) in [5, 5.41) is 2.96. The third kappa shape index (κ3) is 1.74. The van der Waals surface area contributed by atoms with Crippen molar-refractivity contribution in [2.75, 3.05) is 35.4 Å². The van der Waals surface area contributed by atoms with E-state index in [4.69, 9.17) is 4.74 Å². The summed E-state index contributed by atoms with van der Waals surface area (Å²) in [4.78, 5) is 14.1. The highest BCUT2D eigenvalue weighted by Crippen LogP contribution is 2.37. The van der Waals surface area contributed by atoms with Crippen LogP contribution in [0, 0.1) is 0 Å². The van der Waals surface area contributed by atoms with Crippen molar-refractivity contribution < 1.29 is 9.53 Å². The van der Waals surface area contributed by atoms with Gasteiger partial charge < -0.3 is 15.0 Å². The van der Waals surface area contributed by atoms with E-state index in [1.165, 1.54) is 0 Å². The van der Waals surface area contributed by atoms with Gasteiger partial charge in [-0.05, 0) is 12.1 Å². The maximum atomic E-state index is 11.9. The highest BCUT2D eigenvalue weighted by molar-refractivity contribution is 7.99. The van der Waals surface area contributed by atoms with E-state index in [1.807, 2.05) is 30.0 Å². The summed E-state index contributed by atoms with van der Waals surface area (Å²) in [6.45, 7) is 0.920. The maximum Gasteiger partial charge on any atom is 0.247 e. The van der Waals surface area contributed by atoms with E-state index in [2.05, 4.69) is 10.2 Å². The summed E-state index contributed by atoms with van der Waals surface area (Å²) in [6.07, 6.45) is 0. The summed E-state index contributed by atoms with van der Waals surface area (Å²) in [5.41, 5.74) is 1.97. The molecule has 2 aliphatic heterocycles. The Hall–Kier alpha value is -1.36. The summed E-state index contributed by atoms with van der Waals surface area (Å²) in [5.74, 6) is 2.87. The number of carbonyl (C=O) groups excluding carboxylic acids is 1. The number of rotatable bonds is 1. The van der Waals surface area contributed by atoms with Crippen molar-refractivity contribution in [3.8, 4) is 5.75 Å². The highest BCUT2D eigenvalue weighted by atomic mass is 32.2. The SMILES string of the molecule is COc1ccc2c(c1)N1CCSCC1C(=O)N2. The third-order valence-corrected chi connectivity index (χ3v) is 4.23. The summed E-state index contributed by atoms with van der Waals surface area (Å²) >= 11 is 1.84. The minimum atomic E-state index is -0.0339. The lowest BCUT2D eigenvalue weighted by Gasteiger charge is -2.40. The van der Waals surface area contributed by atoms with Crippen molar-refractivity contribution >= 4 is 29.0 Å². The summed E-state index contributed by atoms with van der Waals surface area (Å²) in [7, 11) is 1.66. The number of hydrogen-bond donors (Lipinski definition) is 1. The molecule has 0 saturated carbocycles. The van der Waals surface area contributed by atoms with Gasteiger partial charge in [-0.2, -0.15) is 11.8 Å². The fourth-order valence-electron chi connectivity index (χ4n) is 2.31.